The molecule has 0 saturated heterocycles. The van der Waals surface area contributed by atoms with E-state index in [9.17, 15) is 4.79 Å². The van der Waals surface area contributed by atoms with Crippen LogP contribution in [0.3, 0.4) is 0 Å². The molecule has 1 aliphatic rings. The summed E-state index contributed by atoms with van der Waals surface area (Å²) in [5.74, 6) is -0.0242. The Kier molecular flexibility index (Phi) is 3.59. The van der Waals surface area contributed by atoms with Gasteiger partial charge in [-0.15, -0.1) is 0 Å². The number of aromatic nitrogens is 1. The lowest BCUT2D eigenvalue weighted by atomic mass is 10.2. The number of hydrogen-bond donors (Lipinski definition) is 1. The second-order valence-corrected chi connectivity index (χ2v) is 5.39. The summed E-state index contributed by atoms with van der Waals surface area (Å²) < 4.78 is 0. The fraction of sp³-hybridized carbons (Fsp3) is 0.500. The summed E-state index contributed by atoms with van der Waals surface area (Å²) in [5, 5.41) is 3.04. The number of carbonyl (C=O) groups is 1. The number of hydrogen-bond acceptors (Lipinski definition) is 2. The van der Waals surface area contributed by atoms with E-state index in [0.29, 0.717) is 10.4 Å². The Morgan fingerprint density at radius 1 is 1.50 bits per heavy atom. The molecular formula is C12H15BrN2O. The van der Waals surface area contributed by atoms with Gasteiger partial charge in [-0.1, -0.05) is 22.4 Å². The number of rotatable bonds is 2. The number of nitrogens with zero attached hydrogens (tertiary/aromatic N) is 1. The van der Waals surface area contributed by atoms with Gasteiger partial charge in [-0.25, -0.2) is 0 Å². The van der Waals surface area contributed by atoms with Crippen LogP contribution in [-0.4, -0.2) is 21.8 Å². The third kappa shape index (κ3) is 2.61. The third-order valence-electron chi connectivity index (χ3n) is 2.92. The number of pyridine rings is 1. The van der Waals surface area contributed by atoms with Crippen molar-refractivity contribution in [1.82, 2.24) is 10.3 Å². The minimum absolute atomic E-state index is 0.0242. The Morgan fingerprint density at radius 3 is 2.88 bits per heavy atom. The first-order chi connectivity index (χ1) is 7.66. The van der Waals surface area contributed by atoms with Crippen LogP contribution in [0.2, 0.25) is 0 Å². The summed E-state index contributed by atoms with van der Waals surface area (Å²) in [5.41, 5.74) is 1.56. The van der Waals surface area contributed by atoms with Crippen LogP contribution in [0.1, 0.15) is 35.3 Å². The van der Waals surface area contributed by atoms with Gasteiger partial charge in [0.05, 0.1) is 5.56 Å². The molecule has 1 fully saturated rings. The predicted molar refractivity (Wildman–Crippen MR) is 66.8 cm³/mol. The molecule has 0 bridgehead atoms. The molecule has 1 aromatic rings. The van der Waals surface area contributed by atoms with Gasteiger partial charge >= 0.3 is 0 Å². The summed E-state index contributed by atoms with van der Waals surface area (Å²) in [7, 11) is 0. The maximum atomic E-state index is 11.9. The molecule has 16 heavy (non-hydrogen) atoms. The van der Waals surface area contributed by atoms with E-state index in [1.807, 2.05) is 19.1 Å². The minimum Gasteiger partial charge on any atom is -0.348 e. The first-order valence-corrected chi connectivity index (χ1v) is 6.46. The van der Waals surface area contributed by atoms with Crippen LogP contribution in [0.4, 0.5) is 0 Å². The third-order valence-corrected chi connectivity index (χ3v) is 4.02. The molecule has 2 unspecified atom stereocenters. The molecule has 3 nitrogen and oxygen atoms in total. The van der Waals surface area contributed by atoms with Crippen LogP contribution in [0.25, 0.3) is 0 Å². The Hall–Kier alpha value is -0.900. The van der Waals surface area contributed by atoms with Crippen molar-refractivity contribution in [2.24, 2.45) is 0 Å². The quantitative estimate of drug-likeness (QED) is 0.847. The topological polar surface area (TPSA) is 42.0 Å². The van der Waals surface area contributed by atoms with Crippen molar-refractivity contribution in [1.29, 1.82) is 0 Å². The van der Waals surface area contributed by atoms with Gasteiger partial charge in [0.25, 0.3) is 5.91 Å². The van der Waals surface area contributed by atoms with Gasteiger partial charge in [0, 0.05) is 22.8 Å². The lowest BCUT2D eigenvalue weighted by Crippen LogP contribution is -2.37. The molecule has 0 aromatic carbocycles. The highest BCUT2D eigenvalue weighted by molar-refractivity contribution is 9.09. The van der Waals surface area contributed by atoms with Crippen LogP contribution in [0.5, 0.6) is 0 Å². The smallest absolute Gasteiger partial charge is 0.253 e. The number of halogens is 1. The first kappa shape index (κ1) is 11.6. The molecule has 4 heteroatoms. The second-order valence-electron chi connectivity index (χ2n) is 4.22. The molecule has 0 spiro atoms. The van der Waals surface area contributed by atoms with Crippen molar-refractivity contribution in [2.75, 3.05) is 0 Å². The zero-order chi connectivity index (χ0) is 11.5. The van der Waals surface area contributed by atoms with Crippen LogP contribution >= 0.6 is 15.9 Å². The van der Waals surface area contributed by atoms with Crippen molar-refractivity contribution < 1.29 is 4.79 Å². The molecule has 1 heterocycles. The molecule has 2 atom stereocenters. The highest BCUT2D eigenvalue weighted by Gasteiger charge is 2.26. The molecule has 1 amide bonds. The normalized spacial score (nSPS) is 24.4. The monoisotopic (exact) mass is 282 g/mol. The molecule has 0 aliphatic heterocycles. The van der Waals surface area contributed by atoms with Crippen molar-refractivity contribution >= 4 is 21.8 Å². The Bertz CT molecular complexity index is 377. The highest BCUT2D eigenvalue weighted by Crippen LogP contribution is 2.25. The number of carbonyl (C=O) groups excluding carboxylic acids is 1. The van der Waals surface area contributed by atoms with E-state index in [4.69, 9.17) is 0 Å². The fourth-order valence-corrected chi connectivity index (χ4v) is 2.65. The SMILES string of the molecule is Cc1ccc(C(=O)NC2CCCC2Br)cn1. The average molecular weight is 283 g/mol. The zero-order valence-corrected chi connectivity index (χ0v) is 10.8. The Morgan fingerprint density at radius 2 is 2.31 bits per heavy atom. The lowest BCUT2D eigenvalue weighted by molar-refractivity contribution is 0.0938. The average Bonchev–Trinajstić information content (AvgIpc) is 2.65. The standard InChI is InChI=1S/C12H15BrN2O/c1-8-5-6-9(7-14-8)12(16)15-11-4-2-3-10(11)13/h5-7,10-11H,2-4H2,1H3,(H,15,16). The summed E-state index contributed by atoms with van der Waals surface area (Å²) in [6, 6.07) is 3.93. The van der Waals surface area contributed by atoms with Gasteiger partial charge in [-0.2, -0.15) is 0 Å². The molecular weight excluding hydrogens is 268 g/mol. The first-order valence-electron chi connectivity index (χ1n) is 5.54. The zero-order valence-electron chi connectivity index (χ0n) is 9.24. The predicted octanol–water partition coefficient (Wildman–Crippen LogP) is 2.44. The van der Waals surface area contributed by atoms with E-state index in [-0.39, 0.29) is 11.9 Å². The number of alkyl halides is 1. The largest absolute Gasteiger partial charge is 0.348 e. The highest BCUT2D eigenvalue weighted by atomic mass is 79.9. The molecule has 1 N–H and O–H groups in total. The van der Waals surface area contributed by atoms with E-state index < -0.39 is 0 Å². The summed E-state index contributed by atoms with van der Waals surface area (Å²) in [4.78, 5) is 16.4. The van der Waals surface area contributed by atoms with Gasteiger partial charge < -0.3 is 5.32 Å². The van der Waals surface area contributed by atoms with Gasteiger partial charge in [-0.05, 0) is 31.9 Å². The summed E-state index contributed by atoms with van der Waals surface area (Å²) >= 11 is 3.59. The van der Waals surface area contributed by atoms with Crippen molar-refractivity contribution in [3.63, 3.8) is 0 Å². The molecule has 2 rings (SSSR count). The molecule has 86 valence electrons. The molecule has 1 aromatic heterocycles. The number of nitrogens with one attached hydrogen (secondary N) is 1. The molecule has 1 saturated carbocycles. The van der Waals surface area contributed by atoms with Gasteiger partial charge in [0.1, 0.15) is 0 Å². The number of aryl methyl sites for hydroxylation is 1. The van der Waals surface area contributed by atoms with Crippen LogP contribution in [0.15, 0.2) is 18.3 Å². The van der Waals surface area contributed by atoms with Gasteiger partial charge in [-0.3, -0.25) is 9.78 Å². The summed E-state index contributed by atoms with van der Waals surface area (Å²) in [6.45, 7) is 1.91. The van der Waals surface area contributed by atoms with E-state index in [1.54, 1.807) is 6.20 Å². The Labute approximate surface area is 104 Å². The minimum atomic E-state index is -0.0242. The van der Waals surface area contributed by atoms with Crippen molar-refractivity contribution in [3.8, 4) is 0 Å². The summed E-state index contributed by atoms with van der Waals surface area (Å²) in [6.07, 6.45) is 4.99. The van der Waals surface area contributed by atoms with Gasteiger partial charge in [0.2, 0.25) is 0 Å². The van der Waals surface area contributed by atoms with E-state index in [1.165, 1.54) is 6.42 Å². The van der Waals surface area contributed by atoms with Crippen LogP contribution in [0, 0.1) is 6.92 Å². The van der Waals surface area contributed by atoms with Gasteiger partial charge in [0.15, 0.2) is 0 Å². The van der Waals surface area contributed by atoms with Crippen molar-refractivity contribution in [3.05, 3.63) is 29.6 Å². The fourth-order valence-electron chi connectivity index (χ4n) is 1.93. The van der Waals surface area contributed by atoms with Crippen LogP contribution < -0.4 is 5.32 Å². The Balaban J connectivity index is 2.00. The van der Waals surface area contributed by atoms with Crippen molar-refractivity contribution in [2.45, 2.75) is 37.1 Å². The second kappa shape index (κ2) is 4.95. The van der Waals surface area contributed by atoms with E-state index >= 15 is 0 Å². The number of amides is 1. The van der Waals surface area contributed by atoms with E-state index in [2.05, 4.69) is 26.2 Å². The van der Waals surface area contributed by atoms with E-state index in [0.717, 1.165) is 18.5 Å². The molecule has 1 aliphatic carbocycles. The molecule has 0 radical (unpaired) electrons. The maximum Gasteiger partial charge on any atom is 0.253 e. The lowest BCUT2D eigenvalue weighted by Gasteiger charge is -2.15. The maximum absolute atomic E-state index is 11.9. The van der Waals surface area contributed by atoms with Crippen LogP contribution in [-0.2, 0) is 0 Å².